The van der Waals surface area contributed by atoms with Crippen LogP contribution >= 0.6 is 11.8 Å². The summed E-state index contributed by atoms with van der Waals surface area (Å²) in [5, 5.41) is 6.52. The largest absolute Gasteiger partial charge is 0.416 e. The highest BCUT2D eigenvalue weighted by molar-refractivity contribution is 7.99. The lowest BCUT2D eigenvalue weighted by molar-refractivity contribution is -0.137. The lowest BCUT2D eigenvalue weighted by atomic mass is 9.95. The van der Waals surface area contributed by atoms with Crippen molar-refractivity contribution in [2.75, 3.05) is 51.4 Å². The van der Waals surface area contributed by atoms with E-state index in [1.54, 1.807) is 13.1 Å². The van der Waals surface area contributed by atoms with Crippen molar-refractivity contribution >= 4 is 17.7 Å². The van der Waals surface area contributed by atoms with Crippen LogP contribution in [0.1, 0.15) is 17.5 Å². The van der Waals surface area contributed by atoms with Crippen LogP contribution in [0.3, 0.4) is 0 Å². The summed E-state index contributed by atoms with van der Waals surface area (Å²) < 4.78 is 44.1. The predicted octanol–water partition coefficient (Wildman–Crippen LogP) is 2.58. The molecule has 2 aliphatic rings. The number of hydrogen-bond donors (Lipinski definition) is 2. The Morgan fingerprint density at radius 1 is 1.29 bits per heavy atom. The minimum atomic E-state index is -4.33. The monoisotopic (exact) mass is 416 g/mol. The third kappa shape index (κ3) is 5.33. The van der Waals surface area contributed by atoms with Gasteiger partial charge in [-0.1, -0.05) is 12.1 Å². The Kier molecular flexibility index (Phi) is 7.11. The van der Waals surface area contributed by atoms with E-state index in [0.29, 0.717) is 11.5 Å². The Hall–Kier alpha value is -1.45. The van der Waals surface area contributed by atoms with Gasteiger partial charge in [0.1, 0.15) is 0 Å². The van der Waals surface area contributed by atoms with E-state index in [4.69, 9.17) is 4.74 Å². The lowest BCUT2D eigenvalue weighted by Crippen LogP contribution is -2.60. The van der Waals surface area contributed by atoms with Crippen LogP contribution in [-0.2, 0) is 17.5 Å². The molecule has 0 bridgehead atoms. The molecule has 0 aromatic heterocycles. The molecule has 0 radical (unpaired) electrons. The second-order valence-electron chi connectivity index (χ2n) is 7.10. The summed E-state index contributed by atoms with van der Waals surface area (Å²) in [5.41, 5.74) is 0.00326. The molecule has 1 aromatic rings. The van der Waals surface area contributed by atoms with Gasteiger partial charge in [-0.05, 0) is 29.9 Å². The molecule has 5 nitrogen and oxygen atoms in total. The van der Waals surface area contributed by atoms with E-state index >= 15 is 0 Å². The number of morpholine rings is 1. The van der Waals surface area contributed by atoms with E-state index in [-0.39, 0.29) is 12.1 Å². The first kappa shape index (κ1) is 21.3. The number of halogens is 3. The molecule has 1 aromatic carbocycles. The number of ether oxygens (including phenoxy) is 1. The van der Waals surface area contributed by atoms with Crippen molar-refractivity contribution in [2.45, 2.75) is 24.7 Å². The molecule has 1 unspecified atom stereocenters. The van der Waals surface area contributed by atoms with E-state index in [1.807, 2.05) is 11.8 Å². The van der Waals surface area contributed by atoms with E-state index < -0.39 is 11.7 Å². The van der Waals surface area contributed by atoms with Gasteiger partial charge in [0.15, 0.2) is 5.96 Å². The van der Waals surface area contributed by atoms with Crippen molar-refractivity contribution in [1.82, 2.24) is 15.5 Å². The predicted molar refractivity (Wildman–Crippen MR) is 107 cm³/mol. The summed E-state index contributed by atoms with van der Waals surface area (Å²) in [6.45, 7) is 4.41. The Labute approximate surface area is 168 Å². The van der Waals surface area contributed by atoms with E-state index in [9.17, 15) is 13.2 Å². The zero-order valence-corrected chi connectivity index (χ0v) is 16.8. The smallest absolute Gasteiger partial charge is 0.379 e. The van der Waals surface area contributed by atoms with Gasteiger partial charge >= 0.3 is 6.18 Å². The molecule has 0 amide bonds. The maximum absolute atomic E-state index is 12.9. The molecule has 0 saturated carbocycles. The maximum atomic E-state index is 12.9. The van der Waals surface area contributed by atoms with Crippen LogP contribution < -0.4 is 10.6 Å². The summed E-state index contributed by atoms with van der Waals surface area (Å²) in [5.74, 6) is 2.79. The van der Waals surface area contributed by atoms with Crippen LogP contribution in [0.4, 0.5) is 13.2 Å². The molecule has 1 atom stereocenters. The number of benzene rings is 1. The molecule has 2 aliphatic heterocycles. The third-order valence-corrected chi connectivity index (χ3v) is 6.52. The number of alkyl halides is 3. The van der Waals surface area contributed by atoms with E-state index in [2.05, 4.69) is 20.5 Å². The fourth-order valence-electron chi connectivity index (χ4n) is 3.65. The van der Waals surface area contributed by atoms with Crippen LogP contribution in [0.25, 0.3) is 0 Å². The molecule has 0 aliphatic carbocycles. The highest BCUT2D eigenvalue weighted by Gasteiger charge is 2.40. The van der Waals surface area contributed by atoms with E-state index in [0.717, 1.165) is 56.8 Å². The number of nitrogens with one attached hydrogen (secondary N) is 2. The summed E-state index contributed by atoms with van der Waals surface area (Å²) >= 11 is 1.96. The molecule has 3 rings (SSSR count). The van der Waals surface area contributed by atoms with Crippen LogP contribution in [0.5, 0.6) is 0 Å². The molecule has 2 saturated heterocycles. The quantitative estimate of drug-likeness (QED) is 0.571. The molecule has 2 fully saturated rings. The number of nitrogens with zero attached hydrogens (tertiary/aromatic N) is 2. The van der Waals surface area contributed by atoms with Gasteiger partial charge < -0.3 is 15.4 Å². The fourth-order valence-corrected chi connectivity index (χ4v) is 5.12. The number of thioether (sulfide) groups is 1. The maximum Gasteiger partial charge on any atom is 0.416 e. The van der Waals surface area contributed by atoms with Crippen molar-refractivity contribution in [1.29, 1.82) is 0 Å². The third-order valence-electron chi connectivity index (χ3n) is 5.29. The molecule has 2 N–H and O–H groups in total. The first-order valence-corrected chi connectivity index (χ1v) is 10.6. The molecule has 2 heterocycles. The fraction of sp³-hybridized carbons (Fsp3) is 0.632. The van der Waals surface area contributed by atoms with Crippen LogP contribution in [0.15, 0.2) is 29.3 Å². The van der Waals surface area contributed by atoms with Crippen molar-refractivity contribution in [2.24, 2.45) is 4.99 Å². The second-order valence-corrected chi connectivity index (χ2v) is 8.21. The van der Waals surface area contributed by atoms with Crippen LogP contribution in [-0.4, -0.2) is 67.8 Å². The summed E-state index contributed by atoms with van der Waals surface area (Å²) in [6.07, 6.45) is -3.23. The van der Waals surface area contributed by atoms with Gasteiger partial charge in [-0.15, -0.1) is 0 Å². The average molecular weight is 417 g/mol. The molecule has 9 heteroatoms. The molecule has 0 spiro atoms. The lowest BCUT2D eigenvalue weighted by Gasteiger charge is -2.43. The van der Waals surface area contributed by atoms with Crippen molar-refractivity contribution in [3.63, 3.8) is 0 Å². The first-order chi connectivity index (χ1) is 13.4. The Morgan fingerprint density at radius 3 is 2.71 bits per heavy atom. The molecule has 156 valence electrons. The minimum Gasteiger partial charge on any atom is -0.379 e. The number of aliphatic imine (C=N–C) groups is 1. The van der Waals surface area contributed by atoms with Crippen molar-refractivity contribution in [3.05, 3.63) is 35.4 Å². The zero-order chi connectivity index (χ0) is 20.0. The highest BCUT2D eigenvalue weighted by Crippen LogP contribution is 2.33. The Balaban J connectivity index is 1.57. The topological polar surface area (TPSA) is 48.9 Å². The highest BCUT2D eigenvalue weighted by atomic mass is 32.2. The standard InChI is InChI=1S/C19H27F3N4OS/c1-23-17(24-12-15-3-2-4-16(11-15)19(20,21)22)25-13-18(5-10-28-14-18)26-6-8-27-9-7-26/h2-4,11H,5-10,12-14H2,1H3,(H2,23,24,25). The summed E-state index contributed by atoms with van der Waals surface area (Å²) in [7, 11) is 1.67. The molecular weight excluding hydrogens is 389 g/mol. The van der Waals surface area contributed by atoms with Gasteiger partial charge in [0.25, 0.3) is 0 Å². The van der Waals surface area contributed by atoms with Crippen LogP contribution in [0, 0.1) is 0 Å². The first-order valence-electron chi connectivity index (χ1n) is 9.44. The number of hydrogen-bond acceptors (Lipinski definition) is 4. The number of guanidine groups is 1. The zero-order valence-electron chi connectivity index (χ0n) is 16.0. The van der Waals surface area contributed by atoms with Gasteiger partial charge in [-0.3, -0.25) is 9.89 Å². The average Bonchev–Trinajstić information content (AvgIpc) is 3.19. The summed E-state index contributed by atoms with van der Waals surface area (Å²) in [6, 6.07) is 5.36. The molecular formula is C19H27F3N4OS. The Morgan fingerprint density at radius 2 is 2.07 bits per heavy atom. The minimum absolute atomic E-state index is 0.0717. The van der Waals surface area contributed by atoms with Gasteiger partial charge in [-0.2, -0.15) is 24.9 Å². The van der Waals surface area contributed by atoms with Gasteiger partial charge in [0.05, 0.1) is 18.8 Å². The summed E-state index contributed by atoms with van der Waals surface area (Å²) in [4.78, 5) is 6.74. The number of rotatable bonds is 5. The Bertz CT molecular complexity index is 671. The van der Waals surface area contributed by atoms with Gasteiger partial charge in [-0.25, -0.2) is 0 Å². The van der Waals surface area contributed by atoms with E-state index in [1.165, 1.54) is 12.1 Å². The van der Waals surface area contributed by atoms with Crippen LogP contribution in [0.2, 0.25) is 0 Å². The SMILES string of the molecule is CN=C(NCc1cccc(C(F)(F)F)c1)NCC1(N2CCOCC2)CCSC1. The normalized spacial score (nSPS) is 24.4. The van der Waals surface area contributed by atoms with Crippen molar-refractivity contribution in [3.8, 4) is 0 Å². The van der Waals surface area contributed by atoms with Crippen molar-refractivity contribution < 1.29 is 17.9 Å². The van der Waals surface area contributed by atoms with Gasteiger partial charge in [0, 0.05) is 44.5 Å². The van der Waals surface area contributed by atoms with Gasteiger partial charge in [0.2, 0.25) is 0 Å². The second kappa shape index (κ2) is 9.37. The molecule has 28 heavy (non-hydrogen) atoms.